The number of aryl methyl sites for hydroxylation is 2. The van der Waals surface area contributed by atoms with Gasteiger partial charge < -0.3 is 14.8 Å². The van der Waals surface area contributed by atoms with Crippen molar-refractivity contribution in [2.45, 2.75) is 37.7 Å². The van der Waals surface area contributed by atoms with Gasteiger partial charge in [0.25, 0.3) is 0 Å². The molecule has 0 fully saturated rings. The van der Waals surface area contributed by atoms with Gasteiger partial charge in [-0.25, -0.2) is 4.98 Å². The molecule has 4 rings (SSSR count). The Morgan fingerprint density at radius 2 is 1.93 bits per heavy atom. The van der Waals surface area contributed by atoms with Crippen LogP contribution in [-0.4, -0.2) is 26.2 Å². The van der Waals surface area contributed by atoms with Gasteiger partial charge in [0.2, 0.25) is 0 Å². The van der Waals surface area contributed by atoms with Crippen LogP contribution in [-0.2, 0) is 4.74 Å². The minimum Gasteiger partial charge on any atom is -0.388 e. The molecule has 27 heavy (non-hydrogen) atoms. The third kappa shape index (κ3) is 3.16. The summed E-state index contributed by atoms with van der Waals surface area (Å²) < 4.78 is 33.6. The molecule has 0 saturated carbocycles. The second-order valence-electron chi connectivity index (χ2n) is 6.63. The fourth-order valence-electron chi connectivity index (χ4n) is 3.56. The highest BCUT2D eigenvalue weighted by Gasteiger charge is 2.43. The molecule has 2 N–H and O–H groups in total. The Hall–Kier alpha value is -2.22. The third-order valence-electron chi connectivity index (χ3n) is 4.98. The maximum Gasteiger partial charge on any atom is 0.441 e. The van der Waals surface area contributed by atoms with Crippen LogP contribution >= 0.6 is 11.6 Å². The lowest BCUT2D eigenvalue weighted by Crippen LogP contribution is -2.39. The van der Waals surface area contributed by atoms with Crippen molar-refractivity contribution in [3.05, 3.63) is 65.1 Å². The number of anilines is 1. The van der Waals surface area contributed by atoms with Crippen LogP contribution in [0.3, 0.4) is 0 Å². The molecule has 3 aromatic rings. The molecular formula is C19H18ClF2N3O2. The highest BCUT2D eigenvalue weighted by Crippen LogP contribution is 2.45. The molecule has 5 nitrogen and oxygen atoms in total. The van der Waals surface area contributed by atoms with E-state index < -0.39 is 23.8 Å². The van der Waals surface area contributed by atoms with E-state index in [0.717, 1.165) is 17.0 Å². The predicted octanol–water partition coefficient (Wildman–Crippen LogP) is 4.33. The van der Waals surface area contributed by atoms with Crippen LogP contribution in [0.4, 0.5) is 14.5 Å². The summed E-state index contributed by atoms with van der Waals surface area (Å²) in [5.41, 5.74) is 0.108. The van der Waals surface area contributed by atoms with E-state index in [1.54, 1.807) is 12.3 Å². The summed E-state index contributed by atoms with van der Waals surface area (Å²) in [5, 5.41) is 14.1. The maximum atomic E-state index is 13.5. The first-order valence-electron chi connectivity index (χ1n) is 8.48. The second kappa shape index (κ2) is 6.44. The van der Waals surface area contributed by atoms with Gasteiger partial charge in [-0.15, -0.1) is 0 Å². The monoisotopic (exact) mass is 393 g/mol. The van der Waals surface area contributed by atoms with E-state index in [2.05, 4.69) is 10.3 Å². The number of pyridine rings is 1. The summed E-state index contributed by atoms with van der Waals surface area (Å²) in [4.78, 5) is 4.55. The van der Waals surface area contributed by atoms with Crippen molar-refractivity contribution in [3.8, 4) is 0 Å². The normalized spacial score (nSPS) is 22.5. The largest absolute Gasteiger partial charge is 0.441 e. The Bertz CT molecular complexity index is 988. The fraction of sp³-hybridized carbons (Fsp3) is 0.316. The number of fused-ring (bicyclic) bond motifs is 3. The summed E-state index contributed by atoms with van der Waals surface area (Å²) in [6.07, 6.45) is -0.867. The quantitative estimate of drug-likeness (QED) is 0.650. The first-order valence-corrected chi connectivity index (χ1v) is 8.86. The predicted molar refractivity (Wildman–Crippen MR) is 98.1 cm³/mol. The Kier molecular flexibility index (Phi) is 4.33. The molecule has 3 unspecified atom stereocenters. The van der Waals surface area contributed by atoms with Gasteiger partial charge in [0.15, 0.2) is 5.65 Å². The molecule has 0 amide bonds. The Morgan fingerprint density at radius 3 is 2.59 bits per heavy atom. The lowest BCUT2D eigenvalue weighted by atomic mass is 9.89. The van der Waals surface area contributed by atoms with Gasteiger partial charge in [-0.3, -0.25) is 4.74 Å². The standard InChI is InChI=1S/C19H18ClF2N3O2/c1-10-11(2)25-9-8-13-15(18(25)23-10)24-14(12-6-4-3-5-7-12)16(26)17(13)27-19(20,21)22/h3-9,14,16-17,24,26H,1-2H3. The van der Waals surface area contributed by atoms with Crippen LogP contribution in [0, 0.1) is 13.8 Å². The minimum atomic E-state index is -3.91. The topological polar surface area (TPSA) is 58.8 Å². The lowest BCUT2D eigenvalue weighted by Gasteiger charge is -2.38. The van der Waals surface area contributed by atoms with E-state index in [0.29, 0.717) is 16.9 Å². The summed E-state index contributed by atoms with van der Waals surface area (Å²) in [5.74, 6) is 0. The van der Waals surface area contributed by atoms with Crippen LogP contribution in [0.1, 0.15) is 34.7 Å². The van der Waals surface area contributed by atoms with Crippen molar-refractivity contribution in [3.63, 3.8) is 0 Å². The zero-order valence-corrected chi connectivity index (χ0v) is 15.4. The molecule has 1 aromatic carbocycles. The third-order valence-corrected chi connectivity index (χ3v) is 5.07. The number of imidazole rings is 1. The van der Waals surface area contributed by atoms with Crippen molar-refractivity contribution < 1.29 is 18.6 Å². The number of ether oxygens (including phenoxy) is 1. The molecule has 3 atom stereocenters. The Balaban J connectivity index is 1.90. The van der Waals surface area contributed by atoms with Gasteiger partial charge in [0.05, 0.1) is 17.4 Å². The number of halogens is 3. The number of rotatable bonds is 3. The van der Waals surface area contributed by atoms with Crippen molar-refractivity contribution in [2.24, 2.45) is 0 Å². The average Bonchev–Trinajstić information content (AvgIpc) is 2.91. The maximum absolute atomic E-state index is 13.5. The lowest BCUT2D eigenvalue weighted by molar-refractivity contribution is -0.226. The zero-order chi connectivity index (χ0) is 19.3. The van der Waals surface area contributed by atoms with Crippen LogP contribution in [0.25, 0.3) is 5.65 Å². The van der Waals surface area contributed by atoms with Crippen LogP contribution in [0.15, 0.2) is 42.6 Å². The summed E-state index contributed by atoms with van der Waals surface area (Å²) >= 11 is 5.03. The molecular weight excluding hydrogens is 376 g/mol. The molecule has 0 bridgehead atoms. The molecule has 1 aliphatic heterocycles. The second-order valence-corrected chi connectivity index (χ2v) is 7.07. The average molecular weight is 394 g/mol. The fourth-order valence-corrected chi connectivity index (χ4v) is 3.65. The number of nitrogens with zero attached hydrogens (tertiary/aromatic N) is 2. The van der Waals surface area contributed by atoms with Gasteiger partial charge in [-0.2, -0.15) is 8.78 Å². The minimum absolute atomic E-state index is 0.382. The van der Waals surface area contributed by atoms with E-state index in [-0.39, 0.29) is 0 Å². The number of aliphatic hydroxyl groups is 1. The zero-order valence-electron chi connectivity index (χ0n) is 14.7. The van der Waals surface area contributed by atoms with E-state index in [4.69, 9.17) is 16.3 Å². The molecule has 1 aliphatic rings. The molecule has 3 heterocycles. The molecule has 2 aromatic heterocycles. The van der Waals surface area contributed by atoms with Crippen molar-refractivity contribution in [2.75, 3.05) is 5.32 Å². The van der Waals surface area contributed by atoms with E-state index in [9.17, 15) is 13.9 Å². The highest BCUT2D eigenvalue weighted by molar-refractivity contribution is 6.20. The van der Waals surface area contributed by atoms with Gasteiger partial charge >= 0.3 is 5.57 Å². The van der Waals surface area contributed by atoms with Crippen molar-refractivity contribution in [1.82, 2.24) is 9.38 Å². The van der Waals surface area contributed by atoms with Gasteiger partial charge in [-0.1, -0.05) is 30.3 Å². The van der Waals surface area contributed by atoms with Crippen molar-refractivity contribution >= 4 is 22.9 Å². The summed E-state index contributed by atoms with van der Waals surface area (Å²) in [6, 6.07) is 10.1. The Labute approximate surface area is 159 Å². The summed E-state index contributed by atoms with van der Waals surface area (Å²) in [6.45, 7) is 3.80. The van der Waals surface area contributed by atoms with Gasteiger partial charge in [0, 0.05) is 17.5 Å². The number of aliphatic hydroxyl groups excluding tert-OH is 1. The highest BCUT2D eigenvalue weighted by atomic mass is 35.5. The van der Waals surface area contributed by atoms with Crippen molar-refractivity contribution in [1.29, 1.82) is 0 Å². The summed E-state index contributed by atoms with van der Waals surface area (Å²) in [7, 11) is 0. The van der Waals surface area contributed by atoms with E-state index in [1.807, 2.05) is 48.6 Å². The Morgan fingerprint density at radius 1 is 1.22 bits per heavy atom. The molecule has 0 spiro atoms. The smallest absolute Gasteiger partial charge is 0.388 e. The molecule has 0 saturated heterocycles. The van der Waals surface area contributed by atoms with E-state index >= 15 is 0 Å². The number of nitrogens with one attached hydrogen (secondary N) is 1. The van der Waals surface area contributed by atoms with Gasteiger partial charge in [0.1, 0.15) is 12.2 Å². The number of aromatic nitrogens is 2. The molecule has 0 radical (unpaired) electrons. The SMILES string of the molecule is Cc1nc2c3c(ccn2c1C)C(OC(F)(F)Cl)C(O)C(c1ccccc1)N3. The number of hydrogen-bond acceptors (Lipinski definition) is 4. The first kappa shape index (κ1) is 18.2. The van der Waals surface area contributed by atoms with Gasteiger partial charge in [-0.05, 0) is 37.1 Å². The van der Waals surface area contributed by atoms with Crippen LogP contribution in [0.5, 0.6) is 0 Å². The first-order chi connectivity index (χ1) is 12.8. The number of hydrogen-bond donors (Lipinski definition) is 2. The van der Waals surface area contributed by atoms with Crippen LogP contribution in [0.2, 0.25) is 0 Å². The molecule has 0 aliphatic carbocycles. The molecule has 8 heteroatoms. The van der Waals surface area contributed by atoms with Crippen LogP contribution < -0.4 is 5.32 Å². The number of benzene rings is 1. The molecule has 142 valence electrons. The van der Waals surface area contributed by atoms with E-state index in [1.165, 1.54) is 0 Å². The number of alkyl halides is 3.